The van der Waals surface area contributed by atoms with Crippen molar-refractivity contribution in [3.63, 3.8) is 0 Å². The van der Waals surface area contributed by atoms with E-state index in [0.29, 0.717) is 41.9 Å². The Balaban J connectivity index is 1.52. The quantitative estimate of drug-likeness (QED) is 0.274. The van der Waals surface area contributed by atoms with Gasteiger partial charge in [-0.15, -0.1) is 0 Å². The van der Waals surface area contributed by atoms with Crippen molar-refractivity contribution in [1.29, 1.82) is 0 Å². The molecule has 4 fully saturated rings. The molecule has 4 rings (SSSR count). The number of fused-ring (bicyclic) bond motifs is 5. The Kier molecular flexibility index (Phi) is 8.33. The zero-order valence-electron chi connectivity index (χ0n) is 25.1. The number of rotatable bonds is 6. The second-order valence-electron chi connectivity index (χ2n) is 14.7. The fourth-order valence-electron chi connectivity index (χ4n) is 9.75. The van der Waals surface area contributed by atoms with Gasteiger partial charge in [0.15, 0.2) is 0 Å². The lowest BCUT2D eigenvalue weighted by Crippen LogP contribution is -2.59. The van der Waals surface area contributed by atoms with Crippen LogP contribution >= 0.6 is 0 Å². The summed E-state index contributed by atoms with van der Waals surface area (Å²) in [7, 11) is 0. The van der Waals surface area contributed by atoms with Crippen LogP contribution in [0.1, 0.15) is 120 Å². The lowest BCUT2D eigenvalue weighted by atomic mass is 9.43. The van der Waals surface area contributed by atoms with Crippen molar-refractivity contribution < 1.29 is 28.6 Å². The fraction of sp³-hybridized carbons (Fsp3) is 0.906. The molecule has 6 nitrogen and oxygen atoms in total. The van der Waals surface area contributed by atoms with Crippen LogP contribution in [0.5, 0.6) is 0 Å². The number of hydrogen-bond acceptors (Lipinski definition) is 6. The molecule has 216 valence electrons. The van der Waals surface area contributed by atoms with Gasteiger partial charge in [0, 0.05) is 26.2 Å². The molecule has 0 heterocycles. The monoisotopic (exact) mass is 532 g/mol. The van der Waals surface area contributed by atoms with E-state index in [1.165, 1.54) is 26.2 Å². The number of esters is 3. The molecule has 0 N–H and O–H groups in total. The molecule has 0 aliphatic heterocycles. The number of carbonyl (C=O) groups is 3. The molecule has 0 bridgehead atoms. The van der Waals surface area contributed by atoms with Crippen LogP contribution < -0.4 is 0 Å². The van der Waals surface area contributed by atoms with Gasteiger partial charge in [0.05, 0.1) is 0 Å². The Bertz CT molecular complexity index is 906. The summed E-state index contributed by atoms with van der Waals surface area (Å²) in [4.78, 5) is 36.4. The minimum atomic E-state index is -0.443. The van der Waals surface area contributed by atoms with Crippen LogP contribution in [0.3, 0.4) is 0 Å². The first-order valence-corrected chi connectivity index (χ1v) is 15.2. The van der Waals surface area contributed by atoms with Gasteiger partial charge in [-0.3, -0.25) is 14.4 Å². The lowest BCUT2D eigenvalue weighted by Gasteiger charge is -2.62. The van der Waals surface area contributed by atoms with E-state index in [0.717, 1.165) is 38.5 Å². The second kappa shape index (κ2) is 10.8. The van der Waals surface area contributed by atoms with Crippen LogP contribution in [-0.2, 0) is 28.6 Å². The Morgan fingerprint density at radius 3 is 2.13 bits per heavy atom. The Labute approximate surface area is 230 Å². The van der Waals surface area contributed by atoms with E-state index in [4.69, 9.17) is 14.2 Å². The fourth-order valence-corrected chi connectivity index (χ4v) is 9.75. The molecule has 0 aromatic heterocycles. The summed E-state index contributed by atoms with van der Waals surface area (Å²) in [5.41, 5.74) is -0.0497. The molecule has 10 atom stereocenters. The Morgan fingerprint density at radius 1 is 0.868 bits per heavy atom. The number of hydrogen-bond donors (Lipinski definition) is 0. The molecular weight excluding hydrogens is 480 g/mol. The molecule has 0 amide bonds. The highest BCUT2D eigenvalue weighted by Gasteiger charge is 2.64. The predicted octanol–water partition coefficient (Wildman–Crippen LogP) is 6.88. The van der Waals surface area contributed by atoms with Crippen LogP contribution in [0, 0.1) is 46.3 Å². The van der Waals surface area contributed by atoms with E-state index < -0.39 is 5.60 Å². The summed E-state index contributed by atoms with van der Waals surface area (Å²) in [5.74, 6) is 2.38. The molecule has 0 aromatic rings. The zero-order valence-corrected chi connectivity index (χ0v) is 25.1. The summed E-state index contributed by atoms with van der Waals surface area (Å²) in [6.45, 7) is 16.1. The minimum absolute atomic E-state index is 0.0179. The Hall–Kier alpha value is -1.59. The summed E-state index contributed by atoms with van der Waals surface area (Å²) >= 11 is 0. The van der Waals surface area contributed by atoms with Crippen LogP contribution in [-0.4, -0.2) is 35.7 Å². The van der Waals surface area contributed by atoms with Gasteiger partial charge in [0.1, 0.15) is 17.8 Å². The summed E-state index contributed by atoms with van der Waals surface area (Å²) in [5, 5.41) is 0. The largest absolute Gasteiger partial charge is 0.463 e. The summed E-state index contributed by atoms with van der Waals surface area (Å²) < 4.78 is 17.4. The third-order valence-corrected chi connectivity index (χ3v) is 11.2. The van der Waals surface area contributed by atoms with E-state index in [1.54, 1.807) is 6.92 Å². The zero-order chi connectivity index (χ0) is 28.0. The predicted molar refractivity (Wildman–Crippen MR) is 146 cm³/mol. The first-order valence-electron chi connectivity index (χ1n) is 15.2. The summed E-state index contributed by atoms with van der Waals surface area (Å²) in [6.07, 6.45) is 9.73. The van der Waals surface area contributed by atoms with Gasteiger partial charge in [-0.05, 0) is 119 Å². The molecule has 6 heteroatoms. The molecular formula is C32H52O6. The van der Waals surface area contributed by atoms with Crippen LogP contribution in [0.15, 0.2) is 0 Å². The van der Waals surface area contributed by atoms with Crippen molar-refractivity contribution in [2.75, 3.05) is 0 Å². The van der Waals surface area contributed by atoms with Gasteiger partial charge in [-0.1, -0.05) is 20.8 Å². The molecule has 4 aliphatic rings. The molecule has 4 saturated carbocycles. The molecule has 0 spiro atoms. The number of carbonyl (C=O) groups excluding carboxylic acids is 3. The summed E-state index contributed by atoms with van der Waals surface area (Å²) in [6, 6.07) is 0. The number of ether oxygens (including phenoxy) is 3. The Morgan fingerprint density at radius 2 is 1.50 bits per heavy atom. The van der Waals surface area contributed by atoms with Crippen molar-refractivity contribution in [2.24, 2.45) is 46.3 Å². The molecule has 0 aromatic carbocycles. The topological polar surface area (TPSA) is 78.9 Å². The van der Waals surface area contributed by atoms with Crippen molar-refractivity contribution in [3.8, 4) is 0 Å². The van der Waals surface area contributed by atoms with Gasteiger partial charge < -0.3 is 14.2 Å². The van der Waals surface area contributed by atoms with Gasteiger partial charge in [-0.2, -0.15) is 0 Å². The van der Waals surface area contributed by atoms with Gasteiger partial charge >= 0.3 is 17.9 Å². The molecule has 4 aliphatic carbocycles. The average molecular weight is 533 g/mol. The lowest BCUT2D eigenvalue weighted by molar-refractivity contribution is -0.197. The molecule has 0 radical (unpaired) electrons. The molecule has 0 saturated heterocycles. The standard InChI is InChI=1S/C32H52O6/c1-19(9-12-28(35)38-30(4,5)6)24-10-11-25-29-26(14-16-32(24,25)8)31(7)15-13-23(36-20(2)33)17-22(31)18-27(29)37-21(3)34/h19,22-27,29H,9-18H2,1-8H3/t19?,22?,23-,24?,25?,26?,27+,29?,31+,32-/m1/s1. The van der Waals surface area contributed by atoms with Crippen LogP contribution in [0.4, 0.5) is 0 Å². The van der Waals surface area contributed by atoms with Crippen molar-refractivity contribution >= 4 is 17.9 Å². The van der Waals surface area contributed by atoms with Gasteiger partial charge in [-0.25, -0.2) is 0 Å². The second-order valence-corrected chi connectivity index (χ2v) is 14.7. The van der Waals surface area contributed by atoms with Gasteiger partial charge in [0.2, 0.25) is 0 Å². The maximum Gasteiger partial charge on any atom is 0.306 e. The molecule has 38 heavy (non-hydrogen) atoms. The van der Waals surface area contributed by atoms with Gasteiger partial charge in [0.25, 0.3) is 0 Å². The highest BCUT2D eigenvalue weighted by Crippen LogP contribution is 2.68. The van der Waals surface area contributed by atoms with Crippen LogP contribution in [0.25, 0.3) is 0 Å². The van der Waals surface area contributed by atoms with E-state index in [1.807, 2.05) is 20.8 Å². The van der Waals surface area contributed by atoms with Crippen molar-refractivity contribution in [1.82, 2.24) is 0 Å². The minimum Gasteiger partial charge on any atom is -0.463 e. The third-order valence-electron chi connectivity index (χ3n) is 11.2. The molecule has 6 unspecified atom stereocenters. The van der Waals surface area contributed by atoms with Crippen LogP contribution in [0.2, 0.25) is 0 Å². The third kappa shape index (κ3) is 5.80. The normalized spacial score (nSPS) is 41.2. The SMILES string of the molecule is CC(=O)O[C@@H]1CC[C@@]2(C)C(C1)C[C@H](OC(C)=O)C1C3CCC(C(C)CCC(=O)OC(C)(C)C)[C@@]3(C)CCC12. The highest BCUT2D eigenvalue weighted by molar-refractivity contribution is 5.69. The maximum atomic E-state index is 12.4. The van der Waals surface area contributed by atoms with E-state index in [-0.39, 0.29) is 40.9 Å². The van der Waals surface area contributed by atoms with E-state index in [2.05, 4.69) is 20.8 Å². The highest BCUT2D eigenvalue weighted by atomic mass is 16.6. The smallest absolute Gasteiger partial charge is 0.306 e. The average Bonchev–Trinajstić information content (AvgIpc) is 3.13. The van der Waals surface area contributed by atoms with E-state index in [9.17, 15) is 14.4 Å². The maximum absolute atomic E-state index is 12.4. The first kappa shape index (κ1) is 29.4. The van der Waals surface area contributed by atoms with Crippen molar-refractivity contribution in [3.05, 3.63) is 0 Å². The first-order chi connectivity index (χ1) is 17.6. The van der Waals surface area contributed by atoms with E-state index >= 15 is 0 Å². The van der Waals surface area contributed by atoms with Crippen molar-refractivity contribution in [2.45, 2.75) is 137 Å².